The van der Waals surface area contributed by atoms with E-state index in [1.54, 1.807) is 12.1 Å². The Bertz CT molecular complexity index is 1250. The van der Waals surface area contributed by atoms with Gasteiger partial charge in [-0.2, -0.15) is 0 Å². The fourth-order valence-corrected chi connectivity index (χ4v) is 5.37. The van der Waals surface area contributed by atoms with Crippen LogP contribution in [0.4, 0.5) is 5.69 Å². The number of ketones is 1. The van der Waals surface area contributed by atoms with Gasteiger partial charge in [0.1, 0.15) is 11.2 Å². The number of carbonyl (C=O) groups is 6. The van der Waals surface area contributed by atoms with Crippen LogP contribution in [0.25, 0.3) is 0 Å². The maximum absolute atomic E-state index is 12.9. The van der Waals surface area contributed by atoms with E-state index in [1.165, 1.54) is 4.90 Å². The lowest BCUT2D eigenvalue weighted by Crippen LogP contribution is -2.56. The fraction of sp³-hybridized carbons (Fsp3) is 0.641. The second kappa shape index (κ2) is 26.6. The number of imide groups is 1. The van der Waals surface area contributed by atoms with Gasteiger partial charge in [0.05, 0.1) is 12.4 Å². The van der Waals surface area contributed by atoms with Crippen molar-refractivity contribution in [2.24, 2.45) is 17.1 Å². The number of amides is 5. The van der Waals surface area contributed by atoms with Gasteiger partial charge < -0.3 is 27.0 Å². The van der Waals surface area contributed by atoms with Crippen LogP contribution < -0.4 is 27.0 Å². The summed E-state index contributed by atoms with van der Waals surface area (Å²) in [4.78, 5) is 75.2. The smallest absolute Gasteiger partial charge is 0.243 e. The van der Waals surface area contributed by atoms with Crippen LogP contribution in [0.5, 0.6) is 0 Å². The van der Waals surface area contributed by atoms with Crippen LogP contribution in [0.15, 0.2) is 36.7 Å². The number of likely N-dealkylation sites (tertiary alicyclic amines) is 1. The van der Waals surface area contributed by atoms with Gasteiger partial charge in [-0.3, -0.25) is 33.7 Å². The molecule has 288 valence electrons. The van der Waals surface area contributed by atoms with E-state index < -0.39 is 17.2 Å². The Morgan fingerprint density at radius 2 is 1.51 bits per heavy atom. The Morgan fingerprint density at radius 3 is 2.00 bits per heavy atom. The molecule has 0 radical (unpaired) electrons. The van der Waals surface area contributed by atoms with E-state index >= 15 is 0 Å². The van der Waals surface area contributed by atoms with E-state index in [2.05, 4.69) is 34.8 Å². The van der Waals surface area contributed by atoms with E-state index in [1.807, 2.05) is 53.7 Å². The van der Waals surface area contributed by atoms with Crippen LogP contribution in [0.2, 0.25) is 0 Å². The third-order valence-electron chi connectivity index (χ3n) is 8.59. The molecular weight excluding hydrogens is 648 g/mol. The summed E-state index contributed by atoms with van der Waals surface area (Å²) in [6, 6.07) is 7.24. The lowest BCUT2D eigenvalue weighted by atomic mass is 9.67. The number of anilines is 1. The molecule has 3 rings (SSSR count). The van der Waals surface area contributed by atoms with Crippen LogP contribution in [0.3, 0.4) is 0 Å². The van der Waals surface area contributed by atoms with Gasteiger partial charge in [-0.1, -0.05) is 73.6 Å². The summed E-state index contributed by atoms with van der Waals surface area (Å²) in [5, 5.41) is 11.1. The first kappa shape index (κ1) is 46.8. The monoisotopic (exact) mass is 715 g/mol. The maximum Gasteiger partial charge on any atom is 0.243 e. The Balaban J connectivity index is 0.00000200. The summed E-state index contributed by atoms with van der Waals surface area (Å²) in [6.07, 6.45) is 7.46. The minimum absolute atomic E-state index is 0.0816. The molecule has 1 unspecified atom stereocenters. The molecule has 1 aliphatic carbocycles. The Labute approximate surface area is 306 Å². The lowest BCUT2D eigenvalue weighted by Gasteiger charge is -2.38. The van der Waals surface area contributed by atoms with Gasteiger partial charge in [0.2, 0.25) is 29.5 Å². The number of hydrogen-bond acceptors (Lipinski definition) is 8. The molecule has 1 saturated heterocycles. The molecule has 2 fully saturated rings. The second-order valence-electron chi connectivity index (χ2n) is 12.2. The molecule has 6 N–H and O–H groups in total. The summed E-state index contributed by atoms with van der Waals surface area (Å²) >= 11 is 0. The average Bonchev–Trinajstić information content (AvgIpc) is 3.40. The first-order chi connectivity index (χ1) is 24.5. The highest BCUT2D eigenvalue weighted by Gasteiger charge is 2.50. The fourth-order valence-electron chi connectivity index (χ4n) is 5.37. The normalized spacial score (nSPS) is 15.3. The molecule has 1 saturated carbocycles. The van der Waals surface area contributed by atoms with Crippen LogP contribution in [-0.4, -0.2) is 66.4 Å². The Morgan fingerprint density at radius 1 is 0.882 bits per heavy atom. The summed E-state index contributed by atoms with van der Waals surface area (Å²) < 4.78 is 0. The maximum atomic E-state index is 12.9. The molecule has 0 aromatic heterocycles. The first-order valence-electron chi connectivity index (χ1n) is 19.0. The van der Waals surface area contributed by atoms with E-state index in [0.29, 0.717) is 82.4 Å². The molecule has 1 atom stereocenters. The minimum atomic E-state index is -1.15. The molecule has 2 aliphatic rings. The highest BCUT2D eigenvalue weighted by Crippen LogP contribution is 2.41. The zero-order valence-electron chi connectivity index (χ0n) is 32.4. The molecule has 5 amide bonds. The largest absolute Gasteiger partial charge is 0.386 e. The van der Waals surface area contributed by atoms with Crippen molar-refractivity contribution in [1.29, 1.82) is 0 Å². The van der Waals surface area contributed by atoms with Crippen molar-refractivity contribution < 1.29 is 28.8 Å². The zero-order valence-corrected chi connectivity index (χ0v) is 32.4. The molecule has 0 bridgehead atoms. The first-order valence-corrected chi connectivity index (χ1v) is 19.0. The number of rotatable bonds is 19. The summed E-state index contributed by atoms with van der Waals surface area (Å²) in [5.74, 6) is -0.777. The molecule has 1 heterocycles. The van der Waals surface area contributed by atoms with Gasteiger partial charge in [0.15, 0.2) is 0 Å². The van der Waals surface area contributed by atoms with Crippen molar-refractivity contribution >= 4 is 41.0 Å². The quantitative estimate of drug-likeness (QED) is 0.0722. The molecule has 51 heavy (non-hydrogen) atoms. The van der Waals surface area contributed by atoms with Crippen molar-refractivity contribution in [3.8, 4) is 0 Å². The van der Waals surface area contributed by atoms with Crippen molar-refractivity contribution in [2.75, 3.05) is 31.5 Å². The SMILES string of the molecule is C=C(N)NCCC.CC.CC.CCC(=O)CCc1ccc(NC(=O)CNC(=O)C2(C(=O)NCCCCCN3C(=O)CC(CC)C3=O)CCC2)cc1. The number of hydrogen-bond donors (Lipinski definition) is 5. The molecule has 1 aromatic rings. The van der Waals surface area contributed by atoms with Gasteiger partial charge >= 0.3 is 0 Å². The second-order valence-corrected chi connectivity index (χ2v) is 12.2. The minimum Gasteiger partial charge on any atom is -0.386 e. The zero-order chi connectivity index (χ0) is 38.8. The van der Waals surface area contributed by atoms with E-state index in [4.69, 9.17) is 5.73 Å². The molecule has 12 heteroatoms. The third kappa shape index (κ3) is 16.6. The number of nitrogens with zero attached hydrogens (tertiary/aromatic N) is 1. The number of aryl methyl sites for hydroxylation is 1. The summed E-state index contributed by atoms with van der Waals surface area (Å²) in [6.45, 7) is 18.8. The van der Waals surface area contributed by atoms with Crippen molar-refractivity contribution in [3.05, 3.63) is 42.2 Å². The van der Waals surface area contributed by atoms with E-state index in [9.17, 15) is 28.8 Å². The van der Waals surface area contributed by atoms with Gasteiger partial charge in [0, 0.05) is 50.5 Å². The van der Waals surface area contributed by atoms with E-state index in [0.717, 1.165) is 31.4 Å². The van der Waals surface area contributed by atoms with Crippen molar-refractivity contribution in [2.45, 2.75) is 126 Å². The Kier molecular flexibility index (Phi) is 24.4. The summed E-state index contributed by atoms with van der Waals surface area (Å²) in [5.41, 5.74) is 5.62. The van der Waals surface area contributed by atoms with Crippen LogP contribution in [0.1, 0.15) is 125 Å². The number of Topliss-reactive ketones (excluding diaryl/α,β-unsaturated/α-hetero) is 1. The third-order valence-corrected chi connectivity index (χ3v) is 8.59. The number of nitrogens with one attached hydrogen (secondary N) is 4. The summed E-state index contributed by atoms with van der Waals surface area (Å²) in [7, 11) is 0. The topological polar surface area (TPSA) is 180 Å². The molecule has 1 aromatic carbocycles. The number of unbranched alkanes of at least 4 members (excludes halogenated alkanes) is 2. The van der Waals surface area contributed by atoms with Gasteiger partial charge in [-0.15, -0.1) is 0 Å². The predicted octanol–water partition coefficient (Wildman–Crippen LogP) is 5.36. The van der Waals surface area contributed by atoms with Crippen LogP contribution >= 0.6 is 0 Å². The lowest BCUT2D eigenvalue weighted by molar-refractivity contribution is -0.150. The van der Waals surface area contributed by atoms with Crippen LogP contribution in [-0.2, 0) is 35.2 Å². The van der Waals surface area contributed by atoms with Crippen LogP contribution in [0, 0.1) is 11.3 Å². The molecule has 12 nitrogen and oxygen atoms in total. The van der Waals surface area contributed by atoms with Crippen molar-refractivity contribution in [3.63, 3.8) is 0 Å². The van der Waals surface area contributed by atoms with E-state index in [-0.39, 0.29) is 36.0 Å². The highest BCUT2D eigenvalue weighted by atomic mass is 16.2. The molecule has 1 aliphatic heterocycles. The number of nitrogens with two attached hydrogens (primary N) is 1. The molecule has 0 spiro atoms. The predicted molar refractivity (Wildman–Crippen MR) is 204 cm³/mol. The standard InChI is InChI=1S/C30H42N4O6.C5H12N2.2C2H6/c1-3-22-19-26(37)34(27(22)38)18-7-5-6-17-31-28(39)30(15-8-16-30)29(40)32-20-25(36)33-23-12-9-21(10-13-23)11-14-24(35)4-2;1-3-4-7-5(2)6;2*1-2/h9-10,12-13,22H,3-8,11,14-20H2,1-2H3,(H,31,39)(H,32,40)(H,33,36);7H,2-4,6H2,1H3;2*1-2H3. The van der Waals surface area contributed by atoms with Crippen molar-refractivity contribution in [1.82, 2.24) is 20.9 Å². The Hall–Kier alpha value is -4.22. The van der Waals surface area contributed by atoms with Gasteiger partial charge in [-0.25, -0.2) is 0 Å². The number of benzene rings is 1. The number of carbonyl (C=O) groups excluding carboxylic acids is 6. The van der Waals surface area contributed by atoms with Gasteiger partial charge in [0.25, 0.3) is 0 Å². The molecular formula is C39H66N6O6. The highest BCUT2D eigenvalue weighted by molar-refractivity contribution is 6.07. The van der Waals surface area contributed by atoms with Gasteiger partial charge in [-0.05, 0) is 69.1 Å². The average molecular weight is 715 g/mol.